The standard InChI is InChI=1S/C8H5Br2N3O2/c9-3-1-4(10)6-5(2-3)12-7(14)8(15)13(6)11/h1-2H,11H2,(H,12,14). The maximum absolute atomic E-state index is 11.3. The molecule has 1 aromatic carbocycles. The lowest BCUT2D eigenvalue weighted by Crippen LogP contribution is -2.40. The Hall–Kier alpha value is -1.08. The van der Waals surface area contributed by atoms with Crippen LogP contribution in [0.2, 0.25) is 0 Å². The Morgan fingerprint density at radius 3 is 2.60 bits per heavy atom. The number of nitrogens with zero attached hydrogens (tertiary/aromatic N) is 1. The second kappa shape index (κ2) is 3.49. The Kier molecular flexibility index (Phi) is 2.43. The molecule has 15 heavy (non-hydrogen) atoms. The smallest absolute Gasteiger partial charge is 0.334 e. The Bertz CT molecular complexity index is 659. The van der Waals surface area contributed by atoms with Gasteiger partial charge in [0.05, 0.1) is 5.52 Å². The maximum Gasteiger partial charge on any atom is 0.334 e. The van der Waals surface area contributed by atoms with Gasteiger partial charge in [0.1, 0.15) is 5.52 Å². The summed E-state index contributed by atoms with van der Waals surface area (Å²) in [5.74, 6) is 5.51. The summed E-state index contributed by atoms with van der Waals surface area (Å²) in [4.78, 5) is 24.9. The lowest BCUT2D eigenvalue weighted by Gasteiger charge is -2.06. The van der Waals surface area contributed by atoms with Gasteiger partial charge in [0, 0.05) is 8.95 Å². The maximum atomic E-state index is 11.3. The number of aromatic amines is 1. The van der Waals surface area contributed by atoms with E-state index >= 15 is 0 Å². The highest BCUT2D eigenvalue weighted by Crippen LogP contribution is 2.24. The molecule has 5 nitrogen and oxygen atoms in total. The van der Waals surface area contributed by atoms with E-state index in [1.54, 1.807) is 12.1 Å². The van der Waals surface area contributed by atoms with E-state index in [9.17, 15) is 9.59 Å². The van der Waals surface area contributed by atoms with E-state index in [0.29, 0.717) is 15.5 Å². The number of H-pyrrole nitrogens is 1. The van der Waals surface area contributed by atoms with Crippen molar-refractivity contribution in [3.63, 3.8) is 0 Å². The second-order valence-corrected chi connectivity index (χ2v) is 4.68. The molecule has 1 heterocycles. The van der Waals surface area contributed by atoms with E-state index < -0.39 is 11.1 Å². The summed E-state index contributed by atoms with van der Waals surface area (Å²) in [6.45, 7) is 0. The SMILES string of the molecule is Nn1c(=O)c(=O)[nH]c2cc(Br)cc(Br)c21. The quantitative estimate of drug-likeness (QED) is 0.555. The van der Waals surface area contributed by atoms with Crippen molar-refractivity contribution in [2.24, 2.45) is 0 Å². The number of halogens is 2. The third kappa shape index (κ3) is 1.61. The first-order valence-corrected chi connectivity index (χ1v) is 5.48. The Labute approximate surface area is 100 Å². The zero-order valence-corrected chi connectivity index (χ0v) is 10.4. The molecule has 0 amide bonds. The van der Waals surface area contributed by atoms with Crippen LogP contribution in [-0.4, -0.2) is 9.66 Å². The molecule has 1 aromatic heterocycles. The Morgan fingerprint density at radius 1 is 1.27 bits per heavy atom. The molecule has 0 aliphatic carbocycles. The lowest BCUT2D eigenvalue weighted by molar-refractivity contribution is 0.939. The van der Waals surface area contributed by atoms with E-state index in [2.05, 4.69) is 36.8 Å². The largest absolute Gasteiger partial charge is 0.336 e. The number of hydrogen-bond donors (Lipinski definition) is 2. The topological polar surface area (TPSA) is 80.9 Å². The third-order valence-corrected chi connectivity index (χ3v) is 2.99. The Morgan fingerprint density at radius 2 is 1.93 bits per heavy atom. The van der Waals surface area contributed by atoms with Crippen molar-refractivity contribution in [1.82, 2.24) is 9.66 Å². The zero-order valence-electron chi connectivity index (χ0n) is 7.25. The molecule has 3 N–H and O–H groups in total. The fourth-order valence-corrected chi connectivity index (χ4v) is 2.71. The molecule has 78 valence electrons. The normalized spacial score (nSPS) is 10.8. The van der Waals surface area contributed by atoms with Crippen LogP contribution in [0.4, 0.5) is 0 Å². The highest BCUT2D eigenvalue weighted by atomic mass is 79.9. The fraction of sp³-hybridized carbons (Fsp3) is 0. The van der Waals surface area contributed by atoms with Crippen molar-refractivity contribution in [3.8, 4) is 0 Å². The summed E-state index contributed by atoms with van der Waals surface area (Å²) < 4.78 is 2.23. The number of aromatic nitrogens is 2. The average Bonchev–Trinajstić information content (AvgIpc) is 2.13. The first kappa shape index (κ1) is 10.4. The number of nitrogens with one attached hydrogen (secondary N) is 1. The van der Waals surface area contributed by atoms with Crippen LogP contribution in [0.3, 0.4) is 0 Å². The molecule has 0 saturated heterocycles. The molecule has 7 heteroatoms. The van der Waals surface area contributed by atoms with Gasteiger partial charge in [-0.25, -0.2) is 4.68 Å². The number of nitrogen functional groups attached to an aromatic ring is 1. The molecule has 0 atom stereocenters. The van der Waals surface area contributed by atoms with Crippen LogP contribution in [0, 0.1) is 0 Å². The molecule has 0 saturated carbocycles. The fourth-order valence-electron chi connectivity index (χ4n) is 1.29. The predicted molar refractivity (Wildman–Crippen MR) is 64.4 cm³/mol. The van der Waals surface area contributed by atoms with Crippen molar-refractivity contribution in [3.05, 3.63) is 41.8 Å². The van der Waals surface area contributed by atoms with Crippen LogP contribution in [0.1, 0.15) is 0 Å². The zero-order chi connectivity index (χ0) is 11.2. The van der Waals surface area contributed by atoms with Gasteiger partial charge in [0.25, 0.3) is 0 Å². The van der Waals surface area contributed by atoms with E-state index in [1.165, 1.54) is 0 Å². The van der Waals surface area contributed by atoms with Crippen molar-refractivity contribution >= 4 is 42.9 Å². The lowest BCUT2D eigenvalue weighted by atomic mass is 10.3. The molecule has 0 aliphatic rings. The molecule has 0 spiro atoms. The summed E-state index contributed by atoms with van der Waals surface area (Å²) in [6.07, 6.45) is 0. The van der Waals surface area contributed by atoms with Gasteiger partial charge in [-0.2, -0.15) is 0 Å². The van der Waals surface area contributed by atoms with Crippen LogP contribution in [0.25, 0.3) is 11.0 Å². The summed E-state index contributed by atoms with van der Waals surface area (Å²) in [7, 11) is 0. The van der Waals surface area contributed by atoms with E-state index in [4.69, 9.17) is 5.84 Å². The second-order valence-electron chi connectivity index (χ2n) is 2.91. The molecular formula is C8H5Br2N3O2. The van der Waals surface area contributed by atoms with Gasteiger partial charge in [-0.05, 0) is 28.1 Å². The number of fused-ring (bicyclic) bond motifs is 1. The molecule has 0 radical (unpaired) electrons. The van der Waals surface area contributed by atoms with E-state index in [0.717, 1.165) is 9.15 Å². The van der Waals surface area contributed by atoms with Crippen molar-refractivity contribution in [2.45, 2.75) is 0 Å². The number of rotatable bonds is 0. The summed E-state index contributed by atoms with van der Waals surface area (Å²) in [5.41, 5.74) is -0.591. The van der Waals surface area contributed by atoms with Crippen molar-refractivity contribution < 1.29 is 0 Å². The summed E-state index contributed by atoms with van der Waals surface area (Å²) in [5, 5.41) is 0. The number of nitrogens with two attached hydrogens (primary N) is 1. The highest BCUT2D eigenvalue weighted by molar-refractivity contribution is 9.11. The van der Waals surface area contributed by atoms with Crippen LogP contribution in [-0.2, 0) is 0 Å². The molecule has 0 bridgehead atoms. The minimum absolute atomic E-state index is 0.447. The Balaban J connectivity index is 3.13. The molecule has 0 aliphatic heterocycles. The van der Waals surface area contributed by atoms with Gasteiger partial charge < -0.3 is 10.8 Å². The van der Waals surface area contributed by atoms with Gasteiger partial charge in [0.15, 0.2) is 0 Å². The highest BCUT2D eigenvalue weighted by Gasteiger charge is 2.08. The number of benzene rings is 1. The average molecular weight is 335 g/mol. The molecular weight excluding hydrogens is 330 g/mol. The van der Waals surface area contributed by atoms with Gasteiger partial charge in [-0.1, -0.05) is 15.9 Å². The van der Waals surface area contributed by atoms with Crippen LogP contribution >= 0.6 is 31.9 Å². The minimum atomic E-state index is -0.787. The summed E-state index contributed by atoms with van der Waals surface area (Å²) in [6, 6.07) is 3.41. The van der Waals surface area contributed by atoms with Gasteiger partial charge in [-0.3, -0.25) is 9.59 Å². The predicted octanol–water partition coefficient (Wildman–Crippen LogP) is 0.929. The third-order valence-electron chi connectivity index (χ3n) is 1.93. The first-order chi connectivity index (χ1) is 7.00. The van der Waals surface area contributed by atoms with Crippen LogP contribution in [0.5, 0.6) is 0 Å². The monoisotopic (exact) mass is 333 g/mol. The number of hydrogen-bond acceptors (Lipinski definition) is 3. The van der Waals surface area contributed by atoms with Gasteiger partial charge >= 0.3 is 11.1 Å². The molecule has 2 aromatic rings. The summed E-state index contributed by atoms with van der Waals surface area (Å²) >= 11 is 6.54. The van der Waals surface area contributed by atoms with E-state index in [-0.39, 0.29) is 0 Å². The van der Waals surface area contributed by atoms with Gasteiger partial charge in [0.2, 0.25) is 0 Å². The van der Waals surface area contributed by atoms with Crippen LogP contribution < -0.4 is 17.0 Å². The molecule has 0 unspecified atom stereocenters. The van der Waals surface area contributed by atoms with Gasteiger partial charge in [-0.15, -0.1) is 0 Å². The van der Waals surface area contributed by atoms with Crippen molar-refractivity contribution in [1.29, 1.82) is 0 Å². The molecule has 0 fully saturated rings. The van der Waals surface area contributed by atoms with Crippen LogP contribution in [0.15, 0.2) is 30.7 Å². The van der Waals surface area contributed by atoms with E-state index in [1.807, 2.05) is 0 Å². The first-order valence-electron chi connectivity index (χ1n) is 3.90. The van der Waals surface area contributed by atoms with Crippen molar-refractivity contribution in [2.75, 3.05) is 5.84 Å². The molecule has 2 rings (SSSR count). The minimum Gasteiger partial charge on any atom is -0.336 e.